The fourth-order valence-corrected chi connectivity index (χ4v) is 2.01. The van der Waals surface area contributed by atoms with Crippen molar-refractivity contribution in [1.82, 2.24) is 15.0 Å². The van der Waals surface area contributed by atoms with Crippen LogP contribution in [0.25, 0.3) is 22.2 Å². The Labute approximate surface area is 107 Å². The number of halogens is 1. The number of benzene rings is 1. The lowest BCUT2D eigenvalue weighted by molar-refractivity contribution is 1.16. The molecule has 0 radical (unpaired) electrons. The van der Waals surface area contributed by atoms with Gasteiger partial charge in [0.2, 0.25) is 0 Å². The molecule has 0 amide bonds. The number of H-pyrrole nitrogens is 1. The van der Waals surface area contributed by atoms with Crippen molar-refractivity contribution in [2.24, 2.45) is 0 Å². The first-order valence-corrected chi connectivity index (χ1v) is 5.72. The fourth-order valence-electron chi connectivity index (χ4n) is 1.82. The lowest BCUT2D eigenvalue weighted by atomic mass is 10.1. The minimum absolute atomic E-state index is 0.191. The first kappa shape index (κ1) is 10.9. The monoisotopic (exact) mass is 257 g/mol. The van der Waals surface area contributed by atoms with E-state index < -0.39 is 0 Å². The number of hydrogen-bond acceptors (Lipinski definition) is 3. The van der Waals surface area contributed by atoms with Gasteiger partial charge in [-0.25, -0.2) is 9.97 Å². The molecule has 0 aliphatic carbocycles. The van der Waals surface area contributed by atoms with E-state index in [4.69, 9.17) is 11.6 Å². The van der Waals surface area contributed by atoms with Crippen LogP contribution in [0.2, 0.25) is 5.15 Å². The molecule has 2 heterocycles. The summed E-state index contributed by atoms with van der Waals surface area (Å²) in [6.45, 7) is 0. The third kappa shape index (κ3) is 1.76. The number of pyridine rings is 1. The van der Waals surface area contributed by atoms with E-state index in [1.54, 1.807) is 6.07 Å². The second kappa shape index (κ2) is 4.23. The Morgan fingerprint density at radius 2 is 1.89 bits per heavy atom. The average Bonchev–Trinajstić information content (AvgIpc) is 2.39. The van der Waals surface area contributed by atoms with Crippen molar-refractivity contribution >= 4 is 22.6 Å². The molecule has 0 fully saturated rings. The van der Waals surface area contributed by atoms with E-state index in [2.05, 4.69) is 15.0 Å². The molecule has 88 valence electrons. The smallest absolute Gasteiger partial charge is 0.257 e. The zero-order chi connectivity index (χ0) is 12.5. The second-order valence-corrected chi connectivity index (χ2v) is 4.16. The summed E-state index contributed by atoms with van der Waals surface area (Å²) in [7, 11) is 0. The van der Waals surface area contributed by atoms with Gasteiger partial charge in [-0.05, 0) is 11.6 Å². The van der Waals surface area contributed by atoms with Crippen LogP contribution in [0.5, 0.6) is 0 Å². The third-order valence-electron chi connectivity index (χ3n) is 2.69. The van der Waals surface area contributed by atoms with E-state index in [0.29, 0.717) is 21.7 Å². The summed E-state index contributed by atoms with van der Waals surface area (Å²) >= 11 is 6.00. The Morgan fingerprint density at radius 1 is 1.11 bits per heavy atom. The average molecular weight is 258 g/mol. The lowest BCUT2D eigenvalue weighted by Gasteiger charge is -2.03. The van der Waals surface area contributed by atoms with Crippen LogP contribution in [0.3, 0.4) is 0 Å². The lowest BCUT2D eigenvalue weighted by Crippen LogP contribution is -2.09. The number of aromatic amines is 1. The van der Waals surface area contributed by atoms with Crippen molar-refractivity contribution in [3.63, 3.8) is 0 Å². The summed E-state index contributed by atoms with van der Waals surface area (Å²) in [5, 5.41) is 0.964. The molecule has 0 saturated heterocycles. The molecular weight excluding hydrogens is 250 g/mol. The van der Waals surface area contributed by atoms with Crippen LogP contribution in [0.15, 0.2) is 47.5 Å². The molecule has 5 heteroatoms. The van der Waals surface area contributed by atoms with Gasteiger partial charge in [0.05, 0.1) is 5.39 Å². The maximum absolute atomic E-state index is 12.0. The van der Waals surface area contributed by atoms with Gasteiger partial charge >= 0.3 is 0 Å². The predicted molar refractivity (Wildman–Crippen MR) is 70.6 cm³/mol. The Balaban J connectivity index is 2.35. The first-order valence-electron chi connectivity index (χ1n) is 5.34. The molecule has 2 aromatic heterocycles. The molecule has 18 heavy (non-hydrogen) atoms. The zero-order valence-corrected chi connectivity index (χ0v) is 9.98. The molecule has 0 bridgehead atoms. The molecule has 4 nitrogen and oxygen atoms in total. The number of hydrogen-bond donors (Lipinski definition) is 1. The minimum atomic E-state index is -0.191. The topological polar surface area (TPSA) is 58.6 Å². The van der Waals surface area contributed by atoms with Crippen molar-refractivity contribution in [3.8, 4) is 11.1 Å². The highest BCUT2D eigenvalue weighted by Gasteiger charge is 2.08. The Kier molecular flexibility index (Phi) is 2.57. The van der Waals surface area contributed by atoms with Gasteiger partial charge in [0.15, 0.2) is 0 Å². The zero-order valence-electron chi connectivity index (χ0n) is 9.22. The van der Waals surface area contributed by atoms with Gasteiger partial charge < -0.3 is 4.98 Å². The van der Waals surface area contributed by atoms with E-state index in [1.807, 2.05) is 30.3 Å². The molecule has 0 aliphatic rings. The van der Waals surface area contributed by atoms with Gasteiger partial charge in [-0.2, -0.15) is 0 Å². The van der Waals surface area contributed by atoms with Crippen molar-refractivity contribution in [1.29, 1.82) is 0 Å². The van der Waals surface area contributed by atoms with Crippen LogP contribution < -0.4 is 5.56 Å². The molecule has 1 N–H and O–H groups in total. The molecule has 3 aromatic rings. The van der Waals surface area contributed by atoms with E-state index in [-0.39, 0.29) is 5.56 Å². The van der Waals surface area contributed by atoms with E-state index in [9.17, 15) is 4.79 Å². The Hall–Kier alpha value is -2.20. The van der Waals surface area contributed by atoms with Crippen molar-refractivity contribution in [2.75, 3.05) is 0 Å². The molecule has 1 aromatic carbocycles. The van der Waals surface area contributed by atoms with Gasteiger partial charge in [-0.3, -0.25) is 4.79 Å². The summed E-state index contributed by atoms with van der Waals surface area (Å²) in [5.41, 5.74) is 1.64. The molecule has 0 aliphatic heterocycles. The van der Waals surface area contributed by atoms with Crippen molar-refractivity contribution in [3.05, 3.63) is 58.2 Å². The van der Waals surface area contributed by atoms with E-state index in [1.165, 1.54) is 6.33 Å². The summed E-state index contributed by atoms with van der Waals surface area (Å²) < 4.78 is 0. The normalized spacial score (nSPS) is 10.7. The van der Waals surface area contributed by atoms with Gasteiger partial charge in [0, 0.05) is 5.56 Å². The van der Waals surface area contributed by atoms with Gasteiger partial charge in [0.1, 0.15) is 17.1 Å². The van der Waals surface area contributed by atoms with Gasteiger partial charge in [-0.1, -0.05) is 41.9 Å². The molecule has 0 spiro atoms. The number of aromatic nitrogens is 3. The maximum atomic E-state index is 12.0. The number of rotatable bonds is 1. The predicted octanol–water partition coefficient (Wildman–Crippen LogP) is 2.64. The Morgan fingerprint density at radius 3 is 2.67 bits per heavy atom. The number of nitrogens with zero attached hydrogens (tertiary/aromatic N) is 2. The molecule has 3 rings (SSSR count). The maximum Gasteiger partial charge on any atom is 0.257 e. The summed E-state index contributed by atoms with van der Waals surface area (Å²) in [6.07, 6.45) is 1.32. The molecule has 0 saturated carbocycles. The first-order chi connectivity index (χ1) is 8.75. The quantitative estimate of drug-likeness (QED) is 0.682. The van der Waals surface area contributed by atoms with Crippen LogP contribution in [0, 0.1) is 0 Å². The van der Waals surface area contributed by atoms with Crippen LogP contribution >= 0.6 is 11.6 Å². The molecule has 0 atom stereocenters. The highest BCUT2D eigenvalue weighted by Crippen LogP contribution is 2.22. The minimum Gasteiger partial charge on any atom is -0.306 e. The summed E-state index contributed by atoms with van der Waals surface area (Å²) in [5.74, 6) is 0. The van der Waals surface area contributed by atoms with Crippen LogP contribution in [0.1, 0.15) is 0 Å². The largest absolute Gasteiger partial charge is 0.306 e. The summed E-state index contributed by atoms with van der Waals surface area (Å²) in [4.78, 5) is 22.6. The second-order valence-electron chi connectivity index (χ2n) is 3.80. The number of nitrogens with one attached hydrogen (secondary N) is 1. The van der Waals surface area contributed by atoms with Gasteiger partial charge in [-0.15, -0.1) is 0 Å². The third-order valence-corrected chi connectivity index (χ3v) is 2.99. The highest BCUT2D eigenvalue weighted by atomic mass is 35.5. The molecular formula is C13H8ClN3O. The SMILES string of the molecule is O=c1[nH]c2ncnc(Cl)c2cc1-c1ccccc1. The van der Waals surface area contributed by atoms with Crippen molar-refractivity contribution < 1.29 is 0 Å². The summed E-state index contributed by atoms with van der Waals surface area (Å²) in [6, 6.07) is 11.1. The fraction of sp³-hybridized carbons (Fsp3) is 0. The van der Waals surface area contributed by atoms with E-state index in [0.717, 1.165) is 5.56 Å². The van der Waals surface area contributed by atoms with Crippen molar-refractivity contribution in [2.45, 2.75) is 0 Å². The Bertz CT molecular complexity index is 768. The van der Waals surface area contributed by atoms with Crippen LogP contribution in [-0.4, -0.2) is 15.0 Å². The van der Waals surface area contributed by atoms with E-state index >= 15 is 0 Å². The number of fused-ring (bicyclic) bond motifs is 1. The van der Waals surface area contributed by atoms with Crippen LogP contribution in [0.4, 0.5) is 0 Å². The standard InChI is InChI=1S/C13H8ClN3O/c14-11-10-6-9(8-4-2-1-3-5-8)13(18)17-12(10)16-7-15-11/h1-7H,(H,15,16,17,18). The molecule has 0 unspecified atom stereocenters. The van der Waals surface area contributed by atoms with Crippen LogP contribution in [-0.2, 0) is 0 Å². The van der Waals surface area contributed by atoms with Gasteiger partial charge in [0.25, 0.3) is 5.56 Å². The highest BCUT2D eigenvalue weighted by molar-refractivity contribution is 6.33.